The molecule has 1 aromatic heterocycles. The van der Waals surface area contributed by atoms with E-state index < -0.39 is 10.0 Å². The molecule has 1 aliphatic rings. The molecule has 1 saturated carbocycles. The van der Waals surface area contributed by atoms with Gasteiger partial charge in [0.15, 0.2) is 0 Å². The molecule has 1 heterocycles. The van der Waals surface area contributed by atoms with E-state index in [0.29, 0.717) is 32.2 Å². The number of aliphatic hydroxyl groups is 1. The number of aliphatic hydroxyl groups excluding tert-OH is 1. The number of aryl methyl sites for hydroxylation is 1. The monoisotopic (exact) mass is 483 g/mol. The third-order valence-electron chi connectivity index (χ3n) is 7.01. The molecule has 1 aliphatic carbocycles. The predicted molar refractivity (Wildman–Crippen MR) is 134 cm³/mol. The maximum atomic E-state index is 13.2. The van der Waals surface area contributed by atoms with Crippen molar-refractivity contribution < 1.29 is 18.3 Å². The van der Waals surface area contributed by atoms with Crippen LogP contribution in [-0.4, -0.2) is 48.5 Å². The molecule has 0 radical (unpaired) electrons. The Kier molecular flexibility index (Phi) is 7.12. The Labute approximate surface area is 201 Å². The molecule has 182 valence electrons. The molecule has 2 aromatic carbocycles. The minimum Gasteiger partial charge on any atom is -0.392 e. The number of nitrogens with one attached hydrogen (secondary N) is 1. The van der Waals surface area contributed by atoms with Gasteiger partial charge in [-0.2, -0.15) is 0 Å². The van der Waals surface area contributed by atoms with Crippen molar-refractivity contribution in [1.29, 1.82) is 0 Å². The normalized spacial score (nSPS) is 18.8. The van der Waals surface area contributed by atoms with Gasteiger partial charge in [-0.3, -0.25) is 4.79 Å². The van der Waals surface area contributed by atoms with Crippen LogP contribution < -0.4 is 4.72 Å². The van der Waals surface area contributed by atoms with Gasteiger partial charge in [0.05, 0.1) is 11.5 Å². The van der Waals surface area contributed by atoms with Crippen LogP contribution in [0.3, 0.4) is 0 Å². The lowest BCUT2D eigenvalue weighted by atomic mass is 9.85. The van der Waals surface area contributed by atoms with Gasteiger partial charge in [-0.05, 0) is 61.9 Å². The number of aromatic nitrogens is 1. The molecule has 34 heavy (non-hydrogen) atoms. The van der Waals surface area contributed by atoms with Crippen LogP contribution in [0.25, 0.3) is 22.2 Å². The maximum absolute atomic E-state index is 13.2. The van der Waals surface area contributed by atoms with Gasteiger partial charge >= 0.3 is 0 Å². The first-order chi connectivity index (χ1) is 16.2. The lowest BCUT2D eigenvalue weighted by Gasteiger charge is -2.30. The zero-order valence-electron chi connectivity index (χ0n) is 20.0. The van der Waals surface area contributed by atoms with Crippen molar-refractivity contribution in [2.45, 2.75) is 50.2 Å². The summed E-state index contributed by atoms with van der Waals surface area (Å²) >= 11 is 0. The van der Waals surface area contributed by atoms with Gasteiger partial charge in [-0.15, -0.1) is 0 Å². The Morgan fingerprint density at radius 3 is 2.38 bits per heavy atom. The Bertz CT molecular complexity index is 1270. The zero-order chi connectivity index (χ0) is 24.5. The van der Waals surface area contributed by atoms with Crippen molar-refractivity contribution in [2.75, 3.05) is 13.6 Å². The molecular formula is C26H33N3O4S. The van der Waals surface area contributed by atoms with Crippen LogP contribution >= 0.6 is 0 Å². The highest BCUT2D eigenvalue weighted by Gasteiger charge is 2.30. The van der Waals surface area contributed by atoms with Crippen LogP contribution in [0.1, 0.15) is 38.2 Å². The van der Waals surface area contributed by atoms with Crippen LogP contribution in [0.4, 0.5) is 0 Å². The average molecular weight is 484 g/mol. The van der Waals surface area contributed by atoms with Crippen molar-refractivity contribution in [1.82, 2.24) is 14.2 Å². The standard InChI is InChI=1S/C26H33N3O4S/c1-4-28(2)26(31)20-9-12-22(13-10-20)27-34(32,33)23-14-11-21-15-24(29(3)25(21)16-23)19-7-5-18(17-30)6-8-19/h5-8,11,14-16,20,22,27,30H,4,9-10,12-13,17H2,1-3H3. The Hall–Kier alpha value is -2.68. The number of fused-ring (bicyclic) bond motifs is 1. The van der Waals surface area contributed by atoms with Crippen LogP contribution in [0.5, 0.6) is 0 Å². The number of nitrogens with zero attached hydrogens (tertiary/aromatic N) is 2. The molecule has 0 bridgehead atoms. The smallest absolute Gasteiger partial charge is 0.240 e. The van der Waals surface area contributed by atoms with Crippen LogP contribution in [0.2, 0.25) is 0 Å². The predicted octanol–water partition coefficient (Wildman–Crippen LogP) is 3.65. The van der Waals surface area contributed by atoms with E-state index in [-0.39, 0.29) is 29.4 Å². The molecule has 4 rings (SSSR count). The minimum atomic E-state index is -3.68. The van der Waals surface area contributed by atoms with E-state index in [1.54, 1.807) is 17.0 Å². The fourth-order valence-electron chi connectivity index (χ4n) is 4.75. The Morgan fingerprint density at radius 2 is 1.76 bits per heavy atom. The Morgan fingerprint density at radius 1 is 1.09 bits per heavy atom. The van der Waals surface area contributed by atoms with Crippen molar-refractivity contribution in [3.8, 4) is 11.3 Å². The zero-order valence-corrected chi connectivity index (χ0v) is 20.8. The summed E-state index contributed by atoms with van der Waals surface area (Å²) in [5.41, 5.74) is 3.65. The molecular weight excluding hydrogens is 450 g/mol. The van der Waals surface area contributed by atoms with Gasteiger partial charge in [0.1, 0.15) is 0 Å². The second kappa shape index (κ2) is 9.90. The fourth-order valence-corrected chi connectivity index (χ4v) is 6.07. The second-order valence-corrected chi connectivity index (χ2v) is 10.9. The molecule has 2 N–H and O–H groups in total. The summed E-state index contributed by atoms with van der Waals surface area (Å²) < 4.78 is 31.2. The molecule has 7 nitrogen and oxygen atoms in total. The largest absolute Gasteiger partial charge is 0.392 e. The first-order valence-corrected chi connectivity index (χ1v) is 13.3. The molecule has 8 heteroatoms. The molecule has 1 fully saturated rings. The van der Waals surface area contributed by atoms with E-state index in [2.05, 4.69) is 4.72 Å². The molecule has 0 unspecified atom stereocenters. The lowest BCUT2D eigenvalue weighted by molar-refractivity contribution is -0.135. The first-order valence-electron chi connectivity index (χ1n) is 11.8. The SMILES string of the molecule is CCN(C)C(=O)C1CCC(NS(=O)(=O)c2ccc3cc(-c4ccc(CO)cc4)n(C)c3c2)CC1. The van der Waals surface area contributed by atoms with Crippen LogP contribution in [-0.2, 0) is 28.5 Å². The highest BCUT2D eigenvalue weighted by molar-refractivity contribution is 7.89. The summed E-state index contributed by atoms with van der Waals surface area (Å²) in [4.78, 5) is 14.4. The van der Waals surface area contributed by atoms with Gasteiger partial charge < -0.3 is 14.6 Å². The number of carbonyl (C=O) groups excluding carboxylic acids is 1. The van der Waals surface area contributed by atoms with Crippen molar-refractivity contribution >= 4 is 26.8 Å². The van der Waals surface area contributed by atoms with Gasteiger partial charge in [-0.1, -0.05) is 30.3 Å². The van der Waals surface area contributed by atoms with Gasteiger partial charge in [-0.25, -0.2) is 13.1 Å². The summed E-state index contributed by atoms with van der Waals surface area (Å²) in [7, 11) is 0.0579. The maximum Gasteiger partial charge on any atom is 0.240 e. The summed E-state index contributed by atoms with van der Waals surface area (Å²) in [6.45, 7) is 2.64. The average Bonchev–Trinajstić information content (AvgIpc) is 3.19. The number of hydrogen-bond donors (Lipinski definition) is 2. The highest BCUT2D eigenvalue weighted by atomic mass is 32.2. The lowest BCUT2D eigenvalue weighted by Crippen LogP contribution is -2.41. The van der Waals surface area contributed by atoms with E-state index in [9.17, 15) is 18.3 Å². The van der Waals surface area contributed by atoms with Gasteiger partial charge in [0.25, 0.3) is 0 Å². The van der Waals surface area contributed by atoms with Crippen molar-refractivity contribution in [3.05, 3.63) is 54.1 Å². The number of sulfonamides is 1. The summed E-state index contributed by atoms with van der Waals surface area (Å²) in [6.07, 6.45) is 2.72. The van der Waals surface area contributed by atoms with E-state index in [1.807, 2.05) is 62.0 Å². The third kappa shape index (κ3) is 4.89. The number of benzene rings is 2. The van der Waals surface area contributed by atoms with Crippen molar-refractivity contribution in [2.24, 2.45) is 13.0 Å². The number of rotatable bonds is 7. The highest BCUT2D eigenvalue weighted by Crippen LogP contribution is 2.30. The van der Waals surface area contributed by atoms with E-state index in [0.717, 1.165) is 27.7 Å². The molecule has 0 spiro atoms. The summed E-state index contributed by atoms with van der Waals surface area (Å²) in [5, 5.41) is 10.2. The van der Waals surface area contributed by atoms with E-state index >= 15 is 0 Å². The molecule has 3 aromatic rings. The van der Waals surface area contributed by atoms with Crippen LogP contribution in [0.15, 0.2) is 53.4 Å². The Balaban J connectivity index is 1.50. The molecule has 0 saturated heterocycles. The number of carbonyl (C=O) groups is 1. The quantitative estimate of drug-likeness (QED) is 0.537. The molecule has 1 amide bonds. The number of hydrogen-bond acceptors (Lipinski definition) is 4. The summed E-state index contributed by atoms with van der Waals surface area (Å²) in [6, 6.07) is 14.8. The second-order valence-electron chi connectivity index (χ2n) is 9.19. The van der Waals surface area contributed by atoms with E-state index in [1.165, 1.54) is 0 Å². The summed E-state index contributed by atoms with van der Waals surface area (Å²) in [5.74, 6) is 0.134. The van der Waals surface area contributed by atoms with Crippen LogP contribution in [0, 0.1) is 5.92 Å². The van der Waals surface area contributed by atoms with E-state index in [4.69, 9.17) is 0 Å². The van der Waals surface area contributed by atoms with Crippen molar-refractivity contribution in [3.63, 3.8) is 0 Å². The molecule has 0 atom stereocenters. The molecule has 0 aliphatic heterocycles. The minimum absolute atomic E-state index is 0.00262. The third-order valence-corrected chi connectivity index (χ3v) is 8.53. The van der Waals surface area contributed by atoms with Gasteiger partial charge in [0, 0.05) is 49.2 Å². The fraction of sp³-hybridized carbons (Fsp3) is 0.423. The number of amides is 1. The van der Waals surface area contributed by atoms with Gasteiger partial charge in [0.2, 0.25) is 15.9 Å². The first kappa shape index (κ1) is 24.4. The topological polar surface area (TPSA) is 91.6 Å².